The highest BCUT2D eigenvalue weighted by molar-refractivity contribution is 5.94. The second kappa shape index (κ2) is 8.43. The number of hydrogen-bond acceptors (Lipinski definition) is 6. The van der Waals surface area contributed by atoms with Crippen molar-refractivity contribution in [1.29, 1.82) is 0 Å². The molecule has 5 rings (SSSR count). The third kappa shape index (κ3) is 3.81. The van der Waals surface area contributed by atoms with Crippen LogP contribution in [0.1, 0.15) is 52.9 Å². The van der Waals surface area contributed by atoms with Crippen molar-refractivity contribution in [1.82, 2.24) is 9.38 Å². The number of nitrogens with one attached hydrogen (secondary N) is 1. The van der Waals surface area contributed by atoms with E-state index in [4.69, 9.17) is 9.72 Å². The molecule has 178 valence electrons. The third-order valence-corrected chi connectivity index (χ3v) is 7.23. The second-order valence-electron chi connectivity index (χ2n) is 9.73. The van der Waals surface area contributed by atoms with Gasteiger partial charge in [-0.05, 0) is 57.4 Å². The van der Waals surface area contributed by atoms with Crippen molar-refractivity contribution in [2.24, 2.45) is 5.41 Å². The average molecular weight is 463 g/mol. The number of aryl methyl sites for hydroxylation is 1. The van der Waals surface area contributed by atoms with Crippen LogP contribution in [0.4, 0.5) is 11.5 Å². The van der Waals surface area contributed by atoms with Crippen molar-refractivity contribution < 1.29 is 14.6 Å². The van der Waals surface area contributed by atoms with Crippen molar-refractivity contribution in [3.63, 3.8) is 0 Å². The summed E-state index contributed by atoms with van der Waals surface area (Å²) in [4.78, 5) is 32.3. The van der Waals surface area contributed by atoms with Gasteiger partial charge in [-0.15, -0.1) is 0 Å². The second-order valence-corrected chi connectivity index (χ2v) is 9.73. The van der Waals surface area contributed by atoms with Gasteiger partial charge < -0.3 is 20.1 Å². The monoisotopic (exact) mass is 462 g/mol. The molecule has 4 heterocycles. The predicted molar refractivity (Wildman–Crippen MR) is 131 cm³/mol. The molecule has 1 unspecified atom stereocenters. The number of pyridine rings is 1. The molecule has 8 heteroatoms. The van der Waals surface area contributed by atoms with Crippen molar-refractivity contribution in [3.05, 3.63) is 69.1 Å². The normalized spacial score (nSPS) is 18.0. The molecule has 2 aliphatic heterocycles. The fourth-order valence-corrected chi connectivity index (χ4v) is 5.09. The summed E-state index contributed by atoms with van der Waals surface area (Å²) in [6.45, 7) is 9.13. The minimum absolute atomic E-state index is 0.0737. The van der Waals surface area contributed by atoms with E-state index >= 15 is 0 Å². The SMILES string of the molecule is Cc1cc(C(C)Nc2ccccc2C(=O)O)c2nc(N3CCC4(CC3)COC4)c(C)c(=O)n2c1. The van der Waals surface area contributed by atoms with E-state index in [-0.39, 0.29) is 17.2 Å². The third-order valence-electron chi connectivity index (χ3n) is 7.23. The van der Waals surface area contributed by atoms with Gasteiger partial charge in [0.25, 0.3) is 5.56 Å². The minimum Gasteiger partial charge on any atom is -0.478 e. The van der Waals surface area contributed by atoms with Gasteiger partial charge in [0, 0.05) is 36.0 Å². The maximum atomic E-state index is 13.4. The number of piperidine rings is 1. The smallest absolute Gasteiger partial charge is 0.337 e. The molecule has 2 aliphatic rings. The van der Waals surface area contributed by atoms with Gasteiger partial charge >= 0.3 is 5.97 Å². The van der Waals surface area contributed by atoms with Crippen LogP contribution < -0.4 is 15.8 Å². The molecular formula is C26H30N4O4. The molecule has 34 heavy (non-hydrogen) atoms. The Labute approximate surface area is 198 Å². The van der Waals surface area contributed by atoms with E-state index in [1.807, 2.05) is 33.0 Å². The van der Waals surface area contributed by atoms with Crippen molar-refractivity contribution in [3.8, 4) is 0 Å². The number of anilines is 2. The largest absolute Gasteiger partial charge is 0.478 e. The lowest BCUT2D eigenvalue weighted by Crippen LogP contribution is -2.51. The van der Waals surface area contributed by atoms with E-state index in [0.29, 0.717) is 22.3 Å². The van der Waals surface area contributed by atoms with E-state index in [1.54, 1.807) is 28.7 Å². The Hall–Kier alpha value is -3.39. The van der Waals surface area contributed by atoms with Crippen LogP contribution in [0, 0.1) is 19.3 Å². The van der Waals surface area contributed by atoms with E-state index in [0.717, 1.165) is 56.1 Å². The lowest BCUT2D eigenvalue weighted by atomic mass is 9.77. The quantitative estimate of drug-likeness (QED) is 0.595. The summed E-state index contributed by atoms with van der Waals surface area (Å²) in [5, 5.41) is 12.9. The number of hydrogen-bond donors (Lipinski definition) is 2. The van der Waals surface area contributed by atoms with Crippen LogP contribution in [0.2, 0.25) is 0 Å². The van der Waals surface area contributed by atoms with Crippen LogP contribution in [-0.2, 0) is 4.74 Å². The summed E-state index contributed by atoms with van der Waals surface area (Å²) in [7, 11) is 0. The minimum atomic E-state index is -0.989. The van der Waals surface area contributed by atoms with Gasteiger partial charge in [0.2, 0.25) is 0 Å². The van der Waals surface area contributed by atoms with Crippen LogP contribution in [-0.4, -0.2) is 46.8 Å². The van der Waals surface area contributed by atoms with Crippen LogP contribution in [0.3, 0.4) is 0 Å². The topological polar surface area (TPSA) is 96.2 Å². The summed E-state index contributed by atoms with van der Waals surface area (Å²) in [5.74, 6) is -0.250. The molecular weight excluding hydrogens is 432 g/mol. The average Bonchev–Trinajstić information content (AvgIpc) is 2.80. The predicted octanol–water partition coefficient (Wildman–Crippen LogP) is 3.80. The number of para-hydroxylation sites is 1. The molecule has 1 aromatic carbocycles. The number of nitrogens with zero attached hydrogens (tertiary/aromatic N) is 3. The summed E-state index contributed by atoms with van der Waals surface area (Å²) in [6.07, 6.45) is 3.90. The molecule has 2 aromatic heterocycles. The Morgan fingerprint density at radius 1 is 1.21 bits per heavy atom. The zero-order chi connectivity index (χ0) is 24.0. The van der Waals surface area contributed by atoms with Crippen molar-refractivity contribution >= 4 is 23.1 Å². The molecule has 2 fully saturated rings. The van der Waals surface area contributed by atoms with Gasteiger partial charge in [-0.2, -0.15) is 0 Å². The molecule has 2 saturated heterocycles. The van der Waals surface area contributed by atoms with Crippen molar-refractivity contribution in [2.45, 2.75) is 39.7 Å². The maximum absolute atomic E-state index is 13.4. The molecule has 1 spiro atoms. The number of aromatic nitrogens is 2. The molecule has 0 radical (unpaired) electrons. The number of carboxylic acids is 1. The number of rotatable bonds is 5. The first kappa shape index (κ1) is 22.4. The molecule has 0 bridgehead atoms. The number of carboxylic acid groups (broad SMARTS) is 1. The van der Waals surface area contributed by atoms with E-state index < -0.39 is 5.97 Å². The van der Waals surface area contributed by atoms with Gasteiger partial charge in [-0.3, -0.25) is 9.20 Å². The first-order chi connectivity index (χ1) is 16.3. The summed E-state index contributed by atoms with van der Waals surface area (Å²) in [6, 6.07) is 8.58. The highest BCUT2D eigenvalue weighted by Gasteiger charge is 2.41. The Bertz CT molecular complexity index is 1320. The lowest BCUT2D eigenvalue weighted by molar-refractivity contribution is -0.124. The van der Waals surface area contributed by atoms with Gasteiger partial charge in [-0.25, -0.2) is 9.78 Å². The fourth-order valence-electron chi connectivity index (χ4n) is 5.09. The molecule has 0 saturated carbocycles. The number of benzene rings is 1. The van der Waals surface area contributed by atoms with Gasteiger partial charge in [0.1, 0.15) is 11.5 Å². The van der Waals surface area contributed by atoms with Crippen LogP contribution in [0.25, 0.3) is 5.65 Å². The maximum Gasteiger partial charge on any atom is 0.337 e. The van der Waals surface area contributed by atoms with E-state index in [1.165, 1.54) is 0 Å². The number of ether oxygens (including phenoxy) is 1. The molecule has 0 amide bonds. The Balaban J connectivity index is 1.54. The van der Waals surface area contributed by atoms with Crippen molar-refractivity contribution in [2.75, 3.05) is 36.5 Å². The Morgan fingerprint density at radius 2 is 1.91 bits per heavy atom. The zero-order valence-corrected chi connectivity index (χ0v) is 19.8. The van der Waals surface area contributed by atoms with Gasteiger partial charge in [-0.1, -0.05) is 12.1 Å². The first-order valence-corrected chi connectivity index (χ1v) is 11.7. The number of aromatic carboxylic acids is 1. The Morgan fingerprint density at radius 3 is 2.56 bits per heavy atom. The standard InChI is InChI=1S/C26H30N4O4/c1-16-12-20(18(3)27-21-7-5-4-6-19(21)25(32)33)23-28-22(17(2)24(31)30(23)13-16)29-10-8-26(9-11-29)14-34-15-26/h4-7,12-13,18,27H,8-11,14-15H2,1-3H3,(H,32,33). The molecule has 8 nitrogen and oxygen atoms in total. The van der Waals surface area contributed by atoms with E-state index in [9.17, 15) is 14.7 Å². The molecule has 0 aliphatic carbocycles. The van der Waals surface area contributed by atoms with Crippen LogP contribution in [0.5, 0.6) is 0 Å². The van der Waals surface area contributed by atoms with E-state index in [2.05, 4.69) is 10.2 Å². The summed E-state index contributed by atoms with van der Waals surface area (Å²) >= 11 is 0. The summed E-state index contributed by atoms with van der Waals surface area (Å²) < 4.78 is 7.07. The van der Waals surface area contributed by atoms with Crippen LogP contribution in [0.15, 0.2) is 41.3 Å². The Kier molecular flexibility index (Phi) is 5.56. The number of carbonyl (C=O) groups is 1. The molecule has 3 aromatic rings. The van der Waals surface area contributed by atoms with Gasteiger partial charge in [0.05, 0.1) is 30.4 Å². The molecule has 2 N–H and O–H groups in total. The first-order valence-electron chi connectivity index (χ1n) is 11.7. The highest BCUT2D eigenvalue weighted by Crippen LogP contribution is 2.39. The number of fused-ring (bicyclic) bond motifs is 1. The zero-order valence-electron chi connectivity index (χ0n) is 19.8. The highest BCUT2D eigenvalue weighted by atomic mass is 16.5. The van der Waals surface area contributed by atoms with Gasteiger partial charge in [0.15, 0.2) is 0 Å². The fraction of sp³-hybridized carbons (Fsp3) is 0.423. The molecule has 1 atom stereocenters. The van der Waals surface area contributed by atoms with Crippen LogP contribution >= 0.6 is 0 Å². The summed E-state index contributed by atoms with van der Waals surface area (Å²) in [5.41, 5.74) is 3.98. The lowest BCUT2D eigenvalue weighted by Gasteiger charge is -2.47.